The fourth-order valence-corrected chi connectivity index (χ4v) is 3.78. The number of hydrogen-bond acceptors (Lipinski definition) is 4. The second-order valence-electron chi connectivity index (χ2n) is 7.34. The second kappa shape index (κ2) is 7.13. The lowest BCUT2D eigenvalue weighted by atomic mass is 10.0. The highest BCUT2D eigenvalue weighted by Crippen LogP contribution is 2.24. The van der Waals surface area contributed by atoms with Crippen LogP contribution >= 0.6 is 0 Å². The molecule has 4 rings (SSSR count). The Bertz CT molecular complexity index is 879. The molecule has 2 aromatic rings. The quantitative estimate of drug-likeness (QED) is 0.814. The number of hydrogen-bond donors (Lipinski definition) is 0. The van der Waals surface area contributed by atoms with E-state index in [9.17, 15) is 14.0 Å². The fourth-order valence-electron chi connectivity index (χ4n) is 3.78. The molecule has 1 aromatic carbocycles. The van der Waals surface area contributed by atoms with Crippen molar-refractivity contribution in [3.8, 4) is 0 Å². The van der Waals surface area contributed by atoms with Crippen LogP contribution in [-0.2, 0) is 13.0 Å². The summed E-state index contributed by atoms with van der Waals surface area (Å²) in [5.74, 6) is 0.0994. The molecule has 1 aromatic heterocycles. The van der Waals surface area contributed by atoms with E-state index in [-0.39, 0.29) is 29.8 Å². The first-order valence-corrected chi connectivity index (χ1v) is 9.34. The zero-order valence-corrected chi connectivity index (χ0v) is 15.3. The van der Waals surface area contributed by atoms with Crippen LogP contribution in [0.25, 0.3) is 0 Å². The molecule has 3 heterocycles. The summed E-state index contributed by atoms with van der Waals surface area (Å²) in [6.07, 6.45) is 2.57. The molecule has 1 saturated heterocycles. The van der Waals surface area contributed by atoms with Gasteiger partial charge in [0.15, 0.2) is 0 Å². The van der Waals surface area contributed by atoms with E-state index in [2.05, 4.69) is 11.9 Å². The number of likely N-dealkylation sites (tertiary alicyclic amines) is 1. The van der Waals surface area contributed by atoms with E-state index in [1.807, 2.05) is 0 Å². The van der Waals surface area contributed by atoms with E-state index in [1.165, 1.54) is 12.1 Å². The minimum absolute atomic E-state index is 0.0445. The zero-order valence-electron chi connectivity index (χ0n) is 15.3. The number of aromatic nitrogens is 1. The molecule has 0 N–H and O–H groups in total. The maximum atomic E-state index is 13.9. The molecule has 0 radical (unpaired) electrons. The molecule has 6 nitrogen and oxygen atoms in total. The van der Waals surface area contributed by atoms with Gasteiger partial charge in [-0.05, 0) is 30.9 Å². The minimum atomic E-state index is -0.538. The molecule has 7 heteroatoms. The van der Waals surface area contributed by atoms with Crippen LogP contribution in [0.3, 0.4) is 0 Å². The average molecular weight is 371 g/mol. The predicted molar refractivity (Wildman–Crippen MR) is 95.6 cm³/mol. The van der Waals surface area contributed by atoms with Crippen molar-refractivity contribution in [3.05, 3.63) is 53.0 Å². The van der Waals surface area contributed by atoms with Gasteiger partial charge in [-0.1, -0.05) is 19.1 Å². The molecule has 1 atom stereocenters. The van der Waals surface area contributed by atoms with Gasteiger partial charge in [0.2, 0.25) is 0 Å². The third-order valence-corrected chi connectivity index (χ3v) is 5.25. The number of benzene rings is 1. The van der Waals surface area contributed by atoms with E-state index in [0.717, 1.165) is 12.8 Å². The Morgan fingerprint density at radius 2 is 2.00 bits per heavy atom. The molecule has 2 aliphatic heterocycles. The first-order chi connectivity index (χ1) is 13.0. The van der Waals surface area contributed by atoms with E-state index in [1.54, 1.807) is 21.9 Å². The van der Waals surface area contributed by atoms with Crippen LogP contribution in [0, 0.1) is 11.7 Å². The number of fused-ring (bicyclic) bond motifs is 1. The van der Waals surface area contributed by atoms with Crippen molar-refractivity contribution < 1.29 is 18.4 Å². The Morgan fingerprint density at radius 1 is 1.19 bits per heavy atom. The van der Waals surface area contributed by atoms with Crippen LogP contribution < -0.4 is 0 Å². The van der Waals surface area contributed by atoms with E-state index in [0.29, 0.717) is 43.4 Å². The van der Waals surface area contributed by atoms with Crippen LogP contribution in [0.2, 0.25) is 0 Å². The molecule has 0 saturated carbocycles. The van der Waals surface area contributed by atoms with Gasteiger partial charge in [0.1, 0.15) is 17.3 Å². The first-order valence-electron chi connectivity index (χ1n) is 9.34. The summed E-state index contributed by atoms with van der Waals surface area (Å²) in [6.45, 7) is 4.18. The molecule has 1 fully saturated rings. The third kappa shape index (κ3) is 3.46. The zero-order chi connectivity index (χ0) is 19.0. The van der Waals surface area contributed by atoms with Gasteiger partial charge in [-0.2, -0.15) is 0 Å². The Hall–Kier alpha value is -2.70. The minimum Gasteiger partial charge on any atom is -0.437 e. The monoisotopic (exact) mass is 371 g/mol. The van der Waals surface area contributed by atoms with Crippen molar-refractivity contribution in [3.63, 3.8) is 0 Å². The Labute approximate surface area is 157 Å². The highest BCUT2D eigenvalue weighted by molar-refractivity contribution is 5.94. The number of amides is 2. The molecular formula is C20H22FN3O3. The number of oxazole rings is 1. The number of halogens is 1. The topological polar surface area (TPSA) is 66.7 Å². The smallest absolute Gasteiger partial charge is 0.309 e. The van der Waals surface area contributed by atoms with Gasteiger partial charge in [0, 0.05) is 26.1 Å². The summed E-state index contributed by atoms with van der Waals surface area (Å²) in [7, 11) is 0. The highest BCUT2D eigenvalue weighted by Gasteiger charge is 2.31. The summed E-state index contributed by atoms with van der Waals surface area (Å²) >= 11 is 0. The summed E-state index contributed by atoms with van der Waals surface area (Å²) in [4.78, 5) is 33.0. The standard InChI is InChI=1S/C20H22FN3O3/c1-13-5-4-9-23(11-13)20(26)18-22-16-12-24(10-8-17(16)27-18)19(25)14-6-2-3-7-15(14)21/h2-3,6-7,13H,4-5,8-12H2,1H3/t13-/m1/s1. The maximum Gasteiger partial charge on any atom is 0.309 e. The van der Waals surface area contributed by atoms with Crippen molar-refractivity contribution in [1.29, 1.82) is 0 Å². The molecule has 2 amide bonds. The Balaban J connectivity index is 1.50. The van der Waals surface area contributed by atoms with Crippen LogP contribution in [0.1, 0.15) is 52.3 Å². The summed E-state index contributed by atoms with van der Waals surface area (Å²) in [5.41, 5.74) is 0.627. The molecule has 2 aliphatic rings. The van der Waals surface area contributed by atoms with E-state index < -0.39 is 5.82 Å². The molecular weight excluding hydrogens is 349 g/mol. The van der Waals surface area contributed by atoms with Gasteiger partial charge in [-0.25, -0.2) is 9.37 Å². The van der Waals surface area contributed by atoms with Crippen molar-refractivity contribution >= 4 is 11.8 Å². The van der Waals surface area contributed by atoms with E-state index in [4.69, 9.17) is 4.42 Å². The normalized spacial score (nSPS) is 19.7. The van der Waals surface area contributed by atoms with Crippen LogP contribution in [0.15, 0.2) is 28.7 Å². The number of carbonyl (C=O) groups excluding carboxylic acids is 2. The summed E-state index contributed by atoms with van der Waals surface area (Å²) in [6, 6.07) is 5.94. The second-order valence-corrected chi connectivity index (χ2v) is 7.34. The van der Waals surface area contributed by atoms with Crippen molar-refractivity contribution in [2.75, 3.05) is 19.6 Å². The van der Waals surface area contributed by atoms with Crippen LogP contribution in [0.5, 0.6) is 0 Å². The van der Waals surface area contributed by atoms with Crippen LogP contribution in [0.4, 0.5) is 4.39 Å². The molecule has 0 unspecified atom stereocenters. The van der Waals surface area contributed by atoms with Gasteiger partial charge in [-0.15, -0.1) is 0 Å². The predicted octanol–water partition coefficient (Wildman–Crippen LogP) is 2.88. The van der Waals surface area contributed by atoms with Gasteiger partial charge in [0.05, 0.1) is 12.1 Å². The largest absolute Gasteiger partial charge is 0.437 e. The van der Waals surface area contributed by atoms with Crippen LogP contribution in [-0.4, -0.2) is 46.2 Å². The molecule has 0 aliphatic carbocycles. The summed E-state index contributed by atoms with van der Waals surface area (Å²) < 4.78 is 19.6. The maximum absolute atomic E-state index is 13.9. The highest BCUT2D eigenvalue weighted by atomic mass is 19.1. The molecule has 142 valence electrons. The average Bonchev–Trinajstić information content (AvgIpc) is 3.10. The van der Waals surface area contributed by atoms with Gasteiger partial charge >= 0.3 is 5.91 Å². The molecule has 0 bridgehead atoms. The number of nitrogens with zero attached hydrogens (tertiary/aromatic N) is 3. The van der Waals surface area contributed by atoms with Crippen molar-refractivity contribution in [1.82, 2.24) is 14.8 Å². The van der Waals surface area contributed by atoms with Crippen molar-refractivity contribution in [2.24, 2.45) is 5.92 Å². The Morgan fingerprint density at radius 3 is 2.78 bits per heavy atom. The van der Waals surface area contributed by atoms with Crippen molar-refractivity contribution in [2.45, 2.75) is 32.7 Å². The molecule has 0 spiro atoms. The first kappa shape index (κ1) is 17.7. The third-order valence-electron chi connectivity index (χ3n) is 5.25. The lowest BCUT2D eigenvalue weighted by Crippen LogP contribution is -2.39. The Kier molecular flexibility index (Phi) is 4.68. The fraction of sp³-hybridized carbons (Fsp3) is 0.450. The van der Waals surface area contributed by atoms with E-state index >= 15 is 0 Å². The SMILES string of the molecule is C[C@@H]1CCCN(C(=O)c2nc3c(o2)CCN(C(=O)c2ccccc2F)C3)C1. The number of carbonyl (C=O) groups is 2. The van der Waals surface area contributed by atoms with Gasteiger partial charge in [-0.3, -0.25) is 9.59 Å². The summed E-state index contributed by atoms with van der Waals surface area (Å²) in [5, 5.41) is 0. The lowest BCUT2D eigenvalue weighted by molar-refractivity contribution is 0.0638. The number of rotatable bonds is 2. The lowest BCUT2D eigenvalue weighted by Gasteiger charge is -2.29. The number of piperidine rings is 1. The van der Waals surface area contributed by atoms with Gasteiger partial charge < -0.3 is 14.2 Å². The molecule has 27 heavy (non-hydrogen) atoms. The van der Waals surface area contributed by atoms with Gasteiger partial charge in [0.25, 0.3) is 11.8 Å².